The second kappa shape index (κ2) is 6.71. The normalized spacial score (nSPS) is 16.7. The van der Waals surface area contributed by atoms with Crippen molar-refractivity contribution in [3.63, 3.8) is 0 Å². The van der Waals surface area contributed by atoms with Gasteiger partial charge in [-0.05, 0) is 30.2 Å². The van der Waals surface area contributed by atoms with Crippen LogP contribution in [0.4, 0.5) is 10.1 Å². The summed E-state index contributed by atoms with van der Waals surface area (Å²) >= 11 is 0. The van der Waals surface area contributed by atoms with Crippen molar-refractivity contribution >= 4 is 17.5 Å². The highest BCUT2D eigenvalue weighted by atomic mass is 19.1. The van der Waals surface area contributed by atoms with E-state index in [2.05, 4.69) is 10.4 Å². The number of nitrogens with zero attached hydrogens (tertiary/aromatic N) is 3. The molecule has 1 fully saturated rings. The molecule has 1 aliphatic heterocycles. The molecule has 8 heteroatoms. The molecule has 1 aliphatic rings. The number of carbonyl (C=O) groups excluding carboxylic acids is 2. The van der Waals surface area contributed by atoms with Crippen molar-refractivity contribution in [3.05, 3.63) is 60.6 Å². The Labute approximate surface area is 154 Å². The van der Waals surface area contributed by atoms with E-state index in [1.807, 2.05) is 0 Å². The summed E-state index contributed by atoms with van der Waals surface area (Å²) in [4.78, 5) is 26.9. The summed E-state index contributed by atoms with van der Waals surface area (Å²) in [6.45, 7) is 0.498. The van der Waals surface area contributed by atoms with Crippen molar-refractivity contribution in [2.75, 3.05) is 11.4 Å². The van der Waals surface area contributed by atoms with Crippen molar-refractivity contribution in [3.8, 4) is 11.1 Å². The average Bonchev–Trinajstić information content (AvgIpc) is 3.37. The van der Waals surface area contributed by atoms with Gasteiger partial charge in [0, 0.05) is 25.4 Å². The molecule has 27 heavy (non-hydrogen) atoms. The number of amides is 2. The van der Waals surface area contributed by atoms with Crippen LogP contribution in [-0.4, -0.2) is 34.2 Å². The molecule has 0 bridgehead atoms. The number of hydrogen-bond acceptors (Lipinski definition) is 4. The van der Waals surface area contributed by atoms with Crippen LogP contribution in [0.15, 0.2) is 53.4 Å². The zero-order chi connectivity index (χ0) is 19.0. The molecular weight excluding hydrogens is 351 g/mol. The standard InChI is InChI=1S/C19H17FN4O3/c1-23-11-14(10-21-23)24-8-6-16(19(24)26)22-18(25)17-15(7-9-27-17)12-2-4-13(20)5-3-12/h2-5,7,9-11,16H,6,8H2,1H3,(H,22,25). The molecule has 7 nitrogen and oxygen atoms in total. The fourth-order valence-corrected chi connectivity index (χ4v) is 3.18. The number of anilines is 1. The summed E-state index contributed by atoms with van der Waals surface area (Å²) in [5, 5.41) is 6.80. The highest BCUT2D eigenvalue weighted by Crippen LogP contribution is 2.26. The summed E-state index contributed by atoms with van der Waals surface area (Å²) in [6.07, 6.45) is 5.25. The molecular formula is C19H17FN4O3. The number of nitrogens with one attached hydrogen (secondary N) is 1. The van der Waals surface area contributed by atoms with Crippen LogP contribution in [0.25, 0.3) is 11.1 Å². The minimum Gasteiger partial charge on any atom is -0.459 e. The zero-order valence-corrected chi connectivity index (χ0v) is 14.6. The number of benzene rings is 1. The van der Waals surface area contributed by atoms with Gasteiger partial charge in [0.1, 0.15) is 11.9 Å². The Morgan fingerprint density at radius 3 is 2.78 bits per heavy atom. The van der Waals surface area contributed by atoms with Crippen molar-refractivity contribution in [1.29, 1.82) is 0 Å². The Morgan fingerprint density at radius 1 is 1.30 bits per heavy atom. The van der Waals surface area contributed by atoms with Crippen molar-refractivity contribution in [2.24, 2.45) is 7.05 Å². The molecule has 3 aromatic rings. The second-order valence-corrected chi connectivity index (χ2v) is 6.35. The lowest BCUT2D eigenvalue weighted by Gasteiger charge is -2.15. The minimum absolute atomic E-state index is 0.0919. The Morgan fingerprint density at radius 2 is 2.07 bits per heavy atom. The largest absolute Gasteiger partial charge is 0.459 e. The van der Waals surface area contributed by atoms with E-state index in [1.54, 1.807) is 47.2 Å². The first-order valence-corrected chi connectivity index (χ1v) is 8.47. The molecule has 2 amide bonds. The first kappa shape index (κ1) is 17.0. The lowest BCUT2D eigenvalue weighted by Crippen LogP contribution is -2.41. The van der Waals surface area contributed by atoms with E-state index >= 15 is 0 Å². The summed E-state index contributed by atoms with van der Waals surface area (Å²) in [5.74, 6) is -0.938. The predicted octanol–water partition coefficient (Wildman–Crippen LogP) is 2.35. The topological polar surface area (TPSA) is 80.4 Å². The summed E-state index contributed by atoms with van der Waals surface area (Å²) in [5.41, 5.74) is 1.90. The maximum Gasteiger partial charge on any atom is 0.288 e. The Bertz CT molecular complexity index is 993. The molecule has 1 N–H and O–H groups in total. The molecule has 4 rings (SSSR count). The molecule has 138 valence electrons. The van der Waals surface area contributed by atoms with Gasteiger partial charge in [0.2, 0.25) is 5.91 Å². The van der Waals surface area contributed by atoms with Crippen LogP contribution in [0.2, 0.25) is 0 Å². The quantitative estimate of drug-likeness (QED) is 0.767. The summed E-state index contributed by atoms with van der Waals surface area (Å²) in [7, 11) is 1.77. The number of aromatic nitrogens is 2. The molecule has 0 spiro atoms. The first-order chi connectivity index (χ1) is 13.0. The molecule has 1 saturated heterocycles. The molecule has 3 heterocycles. The van der Waals surface area contributed by atoms with Gasteiger partial charge < -0.3 is 14.6 Å². The van der Waals surface area contributed by atoms with Gasteiger partial charge in [-0.25, -0.2) is 4.39 Å². The van der Waals surface area contributed by atoms with Crippen molar-refractivity contribution in [1.82, 2.24) is 15.1 Å². The highest BCUT2D eigenvalue weighted by molar-refractivity contribution is 6.04. The van der Waals surface area contributed by atoms with Gasteiger partial charge in [0.15, 0.2) is 5.76 Å². The molecule has 1 aromatic carbocycles. The van der Waals surface area contributed by atoms with Gasteiger partial charge in [-0.15, -0.1) is 0 Å². The monoisotopic (exact) mass is 368 g/mol. The Hall–Kier alpha value is -3.42. The average molecular weight is 368 g/mol. The first-order valence-electron chi connectivity index (χ1n) is 8.47. The van der Waals surface area contributed by atoms with E-state index in [4.69, 9.17) is 4.42 Å². The summed E-state index contributed by atoms with van der Waals surface area (Å²) < 4.78 is 20.1. The number of halogens is 1. The SMILES string of the molecule is Cn1cc(N2CCC(NC(=O)c3occc3-c3ccc(F)cc3)C2=O)cn1. The fraction of sp³-hybridized carbons (Fsp3) is 0.211. The van der Waals surface area contributed by atoms with E-state index in [0.717, 1.165) is 0 Å². The maximum absolute atomic E-state index is 13.1. The fourth-order valence-electron chi connectivity index (χ4n) is 3.18. The number of aryl methyl sites for hydroxylation is 1. The smallest absolute Gasteiger partial charge is 0.288 e. The van der Waals surface area contributed by atoms with Crippen molar-refractivity contribution < 1.29 is 18.4 Å². The number of rotatable bonds is 4. The molecule has 0 saturated carbocycles. The van der Waals surface area contributed by atoms with Gasteiger partial charge in [0.05, 0.1) is 18.1 Å². The van der Waals surface area contributed by atoms with Crippen LogP contribution < -0.4 is 10.2 Å². The lowest BCUT2D eigenvalue weighted by molar-refractivity contribution is -0.118. The number of carbonyl (C=O) groups is 2. The van der Waals surface area contributed by atoms with E-state index in [9.17, 15) is 14.0 Å². The van der Waals surface area contributed by atoms with Gasteiger partial charge >= 0.3 is 0 Å². The van der Waals surface area contributed by atoms with E-state index in [-0.39, 0.29) is 17.5 Å². The highest BCUT2D eigenvalue weighted by Gasteiger charge is 2.35. The third-order valence-electron chi connectivity index (χ3n) is 4.54. The summed E-state index contributed by atoms with van der Waals surface area (Å²) in [6, 6.07) is 6.78. The third kappa shape index (κ3) is 3.21. The number of furan rings is 1. The second-order valence-electron chi connectivity index (χ2n) is 6.35. The van der Waals surface area contributed by atoms with Crippen LogP contribution in [-0.2, 0) is 11.8 Å². The van der Waals surface area contributed by atoms with Gasteiger partial charge in [-0.3, -0.25) is 14.3 Å². The van der Waals surface area contributed by atoms with Crippen LogP contribution in [0.1, 0.15) is 17.0 Å². The Balaban J connectivity index is 1.50. The van der Waals surface area contributed by atoms with Gasteiger partial charge in [-0.2, -0.15) is 5.10 Å². The predicted molar refractivity (Wildman–Crippen MR) is 95.5 cm³/mol. The van der Waals surface area contributed by atoms with Crippen molar-refractivity contribution in [2.45, 2.75) is 12.5 Å². The molecule has 0 aliphatic carbocycles. The molecule has 2 aromatic heterocycles. The van der Waals surface area contributed by atoms with Gasteiger partial charge in [-0.1, -0.05) is 12.1 Å². The van der Waals surface area contributed by atoms with E-state index in [1.165, 1.54) is 18.4 Å². The van der Waals surface area contributed by atoms with Crippen LogP contribution in [0, 0.1) is 5.82 Å². The van der Waals surface area contributed by atoms with Crippen LogP contribution in [0.5, 0.6) is 0 Å². The van der Waals surface area contributed by atoms with Crippen LogP contribution >= 0.6 is 0 Å². The van der Waals surface area contributed by atoms with E-state index < -0.39 is 11.9 Å². The number of hydrogen-bond donors (Lipinski definition) is 1. The van der Waals surface area contributed by atoms with Gasteiger partial charge in [0.25, 0.3) is 5.91 Å². The molecule has 0 radical (unpaired) electrons. The van der Waals surface area contributed by atoms with Crippen LogP contribution in [0.3, 0.4) is 0 Å². The Kier molecular flexibility index (Phi) is 4.23. The third-order valence-corrected chi connectivity index (χ3v) is 4.54. The van der Waals surface area contributed by atoms with E-state index in [0.29, 0.717) is 29.8 Å². The minimum atomic E-state index is -0.635. The lowest BCUT2D eigenvalue weighted by atomic mass is 10.1. The molecule has 1 atom stereocenters. The zero-order valence-electron chi connectivity index (χ0n) is 14.6. The molecule has 1 unspecified atom stereocenters. The maximum atomic E-state index is 13.1.